The number of hydrogen-bond donors (Lipinski definition) is 2. The normalized spacial score (nSPS) is 14.8. The zero-order chi connectivity index (χ0) is 14.9. The van der Waals surface area contributed by atoms with Gasteiger partial charge in [-0.1, -0.05) is 6.08 Å². The molecule has 1 aliphatic rings. The maximum absolute atomic E-state index is 11.0. The van der Waals surface area contributed by atoms with Gasteiger partial charge in [0.2, 0.25) is 0 Å². The third-order valence-electron chi connectivity index (χ3n) is 3.41. The van der Waals surface area contributed by atoms with E-state index in [4.69, 9.17) is 10.8 Å². The Kier molecular flexibility index (Phi) is 3.60. The van der Waals surface area contributed by atoms with Gasteiger partial charge in [0.1, 0.15) is 5.69 Å². The van der Waals surface area contributed by atoms with Gasteiger partial charge in [-0.05, 0) is 36.1 Å². The lowest BCUT2D eigenvalue weighted by Gasteiger charge is -2.24. The van der Waals surface area contributed by atoms with E-state index in [1.54, 1.807) is 19.1 Å². The van der Waals surface area contributed by atoms with Crippen LogP contribution in [-0.2, 0) is 0 Å². The maximum Gasteiger partial charge on any atom is 0.407 e. The largest absolute Gasteiger partial charge is 0.465 e. The van der Waals surface area contributed by atoms with Crippen molar-refractivity contribution in [3.05, 3.63) is 39.4 Å². The maximum atomic E-state index is 11.0. The van der Waals surface area contributed by atoms with Crippen molar-refractivity contribution in [1.82, 2.24) is 4.90 Å². The summed E-state index contributed by atoms with van der Waals surface area (Å²) in [6, 6.07) is 3.25. The summed E-state index contributed by atoms with van der Waals surface area (Å²) in [6.07, 6.45) is 1.36. The number of carboxylic acid groups (broad SMARTS) is 1. The van der Waals surface area contributed by atoms with Crippen molar-refractivity contribution in [3.63, 3.8) is 0 Å². The molecule has 3 N–H and O–H groups in total. The zero-order valence-electron chi connectivity index (χ0n) is 11.0. The number of benzene rings is 1. The fourth-order valence-electron chi connectivity index (χ4n) is 2.22. The highest BCUT2D eigenvalue weighted by molar-refractivity contribution is 5.76. The lowest BCUT2D eigenvalue weighted by atomic mass is 9.96. The van der Waals surface area contributed by atoms with E-state index in [0.29, 0.717) is 25.1 Å². The number of anilines is 1. The highest BCUT2D eigenvalue weighted by Gasteiger charge is 2.20. The molecule has 0 saturated heterocycles. The third kappa shape index (κ3) is 2.56. The Labute approximate surface area is 115 Å². The lowest BCUT2D eigenvalue weighted by molar-refractivity contribution is -0.383. The van der Waals surface area contributed by atoms with Gasteiger partial charge in [-0.2, -0.15) is 0 Å². The van der Waals surface area contributed by atoms with Crippen LogP contribution in [0.3, 0.4) is 0 Å². The molecule has 2 rings (SSSR count). The molecule has 1 amide bonds. The van der Waals surface area contributed by atoms with Gasteiger partial charge in [-0.25, -0.2) is 4.79 Å². The van der Waals surface area contributed by atoms with Gasteiger partial charge < -0.3 is 15.7 Å². The van der Waals surface area contributed by atoms with Gasteiger partial charge in [-0.15, -0.1) is 0 Å². The van der Waals surface area contributed by atoms with Crippen LogP contribution in [-0.4, -0.2) is 34.1 Å². The first-order valence-corrected chi connectivity index (χ1v) is 6.12. The van der Waals surface area contributed by atoms with Crippen molar-refractivity contribution >= 4 is 23.0 Å². The van der Waals surface area contributed by atoms with Crippen molar-refractivity contribution in [2.45, 2.75) is 13.3 Å². The van der Waals surface area contributed by atoms with Gasteiger partial charge in [0.25, 0.3) is 5.69 Å². The summed E-state index contributed by atoms with van der Waals surface area (Å²) >= 11 is 0. The molecule has 0 fully saturated rings. The number of rotatable bonds is 2. The SMILES string of the molecule is Cc1cc(C2=CCN(C(=O)O)CC2)cc([N+](=O)[O-])c1N. The van der Waals surface area contributed by atoms with E-state index >= 15 is 0 Å². The standard InChI is InChI=1S/C13H15N3O4/c1-8-6-10(7-11(12(8)14)16(19)20)9-2-4-15(5-3-9)13(17)18/h2,6-7H,3-5,14H2,1H3,(H,17,18). The molecular formula is C13H15N3O4. The monoisotopic (exact) mass is 277 g/mol. The summed E-state index contributed by atoms with van der Waals surface area (Å²) in [5.74, 6) is 0. The number of nitrogens with two attached hydrogens (primary N) is 1. The van der Waals surface area contributed by atoms with Crippen LogP contribution >= 0.6 is 0 Å². The highest BCUT2D eigenvalue weighted by atomic mass is 16.6. The summed E-state index contributed by atoms with van der Waals surface area (Å²) < 4.78 is 0. The molecule has 0 unspecified atom stereocenters. The quantitative estimate of drug-likeness (QED) is 0.489. The van der Waals surface area contributed by atoms with E-state index in [1.807, 2.05) is 0 Å². The topological polar surface area (TPSA) is 110 Å². The fraction of sp³-hybridized carbons (Fsp3) is 0.308. The molecule has 0 aromatic heterocycles. The summed E-state index contributed by atoms with van der Waals surface area (Å²) in [7, 11) is 0. The van der Waals surface area contributed by atoms with Crippen molar-refractivity contribution < 1.29 is 14.8 Å². The van der Waals surface area contributed by atoms with Gasteiger partial charge in [0.05, 0.1) is 4.92 Å². The molecule has 0 bridgehead atoms. The molecule has 106 valence electrons. The third-order valence-corrected chi connectivity index (χ3v) is 3.41. The van der Waals surface area contributed by atoms with E-state index in [1.165, 1.54) is 11.0 Å². The molecule has 1 aromatic rings. The molecule has 0 saturated carbocycles. The fourth-order valence-corrected chi connectivity index (χ4v) is 2.22. The van der Waals surface area contributed by atoms with Gasteiger partial charge in [0.15, 0.2) is 0 Å². The van der Waals surface area contributed by atoms with Gasteiger partial charge >= 0.3 is 6.09 Å². The van der Waals surface area contributed by atoms with Crippen LogP contribution in [0.25, 0.3) is 5.57 Å². The van der Waals surface area contributed by atoms with Crippen LogP contribution < -0.4 is 5.73 Å². The van der Waals surface area contributed by atoms with Crippen LogP contribution in [0.5, 0.6) is 0 Å². The first-order valence-electron chi connectivity index (χ1n) is 6.12. The second-order valence-electron chi connectivity index (χ2n) is 4.69. The molecule has 0 aliphatic carbocycles. The molecule has 0 radical (unpaired) electrons. The summed E-state index contributed by atoms with van der Waals surface area (Å²) in [4.78, 5) is 22.6. The lowest BCUT2D eigenvalue weighted by Crippen LogP contribution is -2.33. The van der Waals surface area contributed by atoms with E-state index < -0.39 is 11.0 Å². The van der Waals surface area contributed by atoms with Crippen LogP contribution in [0.2, 0.25) is 0 Å². The van der Waals surface area contributed by atoms with Gasteiger partial charge in [-0.3, -0.25) is 10.1 Å². The first kappa shape index (κ1) is 13.9. The minimum absolute atomic E-state index is 0.110. The Bertz CT molecular complexity index is 610. The van der Waals surface area contributed by atoms with Crippen molar-refractivity contribution in [3.8, 4) is 0 Å². The minimum atomic E-state index is -0.959. The van der Waals surface area contributed by atoms with E-state index in [9.17, 15) is 14.9 Å². The molecule has 1 heterocycles. The Hall–Kier alpha value is -2.57. The molecular weight excluding hydrogens is 262 g/mol. The predicted molar refractivity (Wildman–Crippen MR) is 74.4 cm³/mol. The van der Waals surface area contributed by atoms with Crippen molar-refractivity contribution in [2.75, 3.05) is 18.8 Å². The second-order valence-corrected chi connectivity index (χ2v) is 4.69. The Morgan fingerprint density at radius 1 is 1.50 bits per heavy atom. The summed E-state index contributed by atoms with van der Waals surface area (Å²) in [6.45, 7) is 2.40. The smallest absolute Gasteiger partial charge is 0.407 e. The molecule has 1 aliphatic heterocycles. The number of nitrogens with zero attached hydrogens (tertiary/aromatic N) is 2. The molecule has 7 heteroatoms. The predicted octanol–water partition coefficient (Wildman–Crippen LogP) is 2.25. The average Bonchev–Trinajstić information content (AvgIpc) is 2.41. The summed E-state index contributed by atoms with van der Waals surface area (Å²) in [5, 5.41) is 19.9. The summed E-state index contributed by atoms with van der Waals surface area (Å²) in [5.41, 5.74) is 8.05. The number of nitro groups is 1. The zero-order valence-corrected chi connectivity index (χ0v) is 11.0. The number of amides is 1. The Morgan fingerprint density at radius 2 is 2.20 bits per heavy atom. The molecule has 20 heavy (non-hydrogen) atoms. The molecule has 0 spiro atoms. The van der Waals surface area contributed by atoms with Crippen LogP contribution in [0.4, 0.5) is 16.2 Å². The van der Waals surface area contributed by atoms with Crippen LogP contribution in [0, 0.1) is 17.0 Å². The van der Waals surface area contributed by atoms with E-state index in [-0.39, 0.29) is 11.4 Å². The van der Waals surface area contributed by atoms with Crippen LogP contribution in [0.15, 0.2) is 18.2 Å². The van der Waals surface area contributed by atoms with Gasteiger partial charge in [0, 0.05) is 19.2 Å². The average molecular weight is 277 g/mol. The molecule has 0 atom stereocenters. The number of carbonyl (C=O) groups is 1. The number of hydrogen-bond acceptors (Lipinski definition) is 4. The molecule has 7 nitrogen and oxygen atoms in total. The molecule has 1 aromatic carbocycles. The number of aryl methyl sites for hydroxylation is 1. The Morgan fingerprint density at radius 3 is 2.70 bits per heavy atom. The van der Waals surface area contributed by atoms with E-state index in [0.717, 1.165) is 11.1 Å². The second kappa shape index (κ2) is 5.20. The number of nitro benzene ring substituents is 1. The number of nitrogen functional groups attached to an aromatic ring is 1. The minimum Gasteiger partial charge on any atom is -0.465 e. The van der Waals surface area contributed by atoms with Crippen molar-refractivity contribution in [1.29, 1.82) is 0 Å². The Balaban J connectivity index is 2.35. The first-order chi connectivity index (χ1) is 9.40. The highest BCUT2D eigenvalue weighted by Crippen LogP contribution is 2.32. The van der Waals surface area contributed by atoms with E-state index in [2.05, 4.69) is 0 Å². The van der Waals surface area contributed by atoms with Crippen molar-refractivity contribution in [2.24, 2.45) is 0 Å². The van der Waals surface area contributed by atoms with Crippen LogP contribution in [0.1, 0.15) is 17.5 Å².